The Balaban J connectivity index is 1.95. The number of carbonyl (C=O) groups is 1. The first-order valence-electron chi connectivity index (χ1n) is 8.92. The van der Waals surface area contributed by atoms with Gasteiger partial charge in [0.05, 0.1) is 24.2 Å². The van der Waals surface area contributed by atoms with Gasteiger partial charge in [-0.15, -0.1) is 0 Å². The molecule has 0 bridgehead atoms. The van der Waals surface area contributed by atoms with Crippen LogP contribution in [-0.4, -0.2) is 46.9 Å². The summed E-state index contributed by atoms with van der Waals surface area (Å²) in [4.78, 5) is 17.4. The van der Waals surface area contributed by atoms with Crippen molar-refractivity contribution in [3.05, 3.63) is 24.0 Å². The van der Waals surface area contributed by atoms with E-state index in [1.807, 2.05) is 12.1 Å². The average molecular weight is 306 g/mol. The summed E-state index contributed by atoms with van der Waals surface area (Å²) in [5, 5.41) is 8.79. The first-order valence-corrected chi connectivity index (χ1v) is 7.42. The lowest BCUT2D eigenvalue weighted by molar-refractivity contribution is -0.137. The van der Waals surface area contributed by atoms with Gasteiger partial charge in [-0.25, -0.2) is 4.98 Å². The Labute approximate surface area is 133 Å². The van der Waals surface area contributed by atoms with Crippen molar-refractivity contribution in [1.82, 2.24) is 9.55 Å². The predicted octanol–water partition coefficient (Wildman–Crippen LogP) is 1.82. The highest BCUT2D eigenvalue weighted by molar-refractivity contribution is 5.80. The molecule has 2 aromatic rings. The number of nitrogens with zero attached hydrogens (tertiary/aromatic N) is 3. The summed E-state index contributed by atoms with van der Waals surface area (Å²) in [7, 11) is 0. The lowest BCUT2D eigenvalue weighted by Crippen LogP contribution is -2.36. The van der Waals surface area contributed by atoms with Gasteiger partial charge in [0.15, 0.2) is 0 Å². The van der Waals surface area contributed by atoms with Crippen LogP contribution < -0.4 is 4.90 Å². The number of anilines is 1. The second-order valence-corrected chi connectivity index (χ2v) is 5.38. The normalized spacial score (nSPS) is 18.0. The minimum atomic E-state index is -2.35. The van der Waals surface area contributed by atoms with Gasteiger partial charge < -0.3 is 19.3 Å². The van der Waals surface area contributed by atoms with E-state index in [0.717, 1.165) is 18.8 Å². The smallest absolute Gasteiger partial charge is 0.303 e. The maximum atomic E-state index is 10.7. The molecule has 0 radical (unpaired) electrons. The Bertz CT molecular complexity index is 767. The standard InChI is InChI=1S/C16H21N3O3/c1-18-14-6-5-12(19-7-9-22-10-8-19)11-13(14)17-15(18)3-2-4-16(20)21/h5-6,11H,2-4,7-10H2,1H3,(H,20,21)/i1D3. The van der Waals surface area contributed by atoms with Crippen LogP contribution >= 0.6 is 0 Å². The van der Waals surface area contributed by atoms with Crippen LogP contribution in [0.2, 0.25) is 0 Å². The third-order valence-corrected chi connectivity index (χ3v) is 3.87. The highest BCUT2D eigenvalue weighted by atomic mass is 16.5. The Morgan fingerprint density at radius 1 is 1.45 bits per heavy atom. The van der Waals surface area contributed by atoms with Crippen molar-refractivity contribution in [2.75, 3.05) is 31.2 Å². The zero-order valence-corrected chi connectivity index (χ0v) is 12.3. The lowest BCUT2D eigenvalue weighted by atomic mass is 10.2. The highest BCUT2D eigenvalue weighted by Crippen LogP contribution is 2.23. The quantitative estimate of drug-likeness (QED) is 0.912. The number of carboxylic acids is 1. The number of carboxylic acid groups (broad SMARTS) is 1. The van der Waals surface area contributed by atoms with E-state index < -0.39 is 12.9 Å². The topological polar surface area (TPSA) is 67.6 Å². The van der Waals surface area contributed by atoms with Crippen molar-refractivity contribution in [2.24, 2.45) is 6.98 Å². The van der Waals surface area contributed by atoms with Gasteiger partial charge in [-0.1, -0.05) is 0 Å². The molecule has 1 aliphatic heterocycles. The fraction of sp³-hybridized carbons (Fsp3) is 0.500. The van der Waals surface area contributed by atoms with Gasteiger partial charge in [-0.3, -0.25) is 4.79 Å². The molecule has 1 aromatic carbocycles. The molecule has 0 spiro atoms. The molecule has 0 atom stereocenters. The molecule has 0 aliphatic carbocycles. The summed E-state index contributed by atoms with van der Waals surface area (Å²) in [6.07, 6.45) is 0.653. The zero-order valence-electron chi connectivity index (χ0n) is 15.3. The number of hydrogen-bond acceptors (Lipinski definition) is 4. The van der Waals surface area contributed by atoms with Crippen molar-refractivity contribution >= 4 is 22.7 Å². The largest absolute Gasteiger partial charge is 0.481 e. The van der Waals surface area contributed by atoms with Crippen molar-refractivity contribution in [1.29, 1.82) is 0 Å². The first kappa shape index (κ1) is 11.5. The van der Waals surface area contributed by atoms with Gasteiger partial charge in [0.25, 0.3) is 0 Å². The van der Waals surface area contributed by atoms with Crippen LogP contribution in [0.3, 0.4) is 0 Å². The van der Waals surface area contributed by atoms with Gasteiger partial charge in [0, 0.05) is 42.7 Å². The van der Waals surface area contributed by atoms with Crippen LogP contribution in [0.4, 0.5) is 5.69 Å². The summed E-state index contributed by atoms with van der Waals surface area (Å²) >= 11 is 0. The van der Waals surface area contributed by atoms with Crippen molar-refractivity contribution in [3.63, 3.8) is 0 Å². The second-order valence-electron chi connectivity index (χ2n) is 5.38. The molecular weight excluding hydrogens is 282 g/mol. The van der Waals surface area contributed by atoms with E-state index in [-0.39, 0.29) is 6.42 Å². The van der Waals surface area contributed by atoms with Gasteiger partial charge in [-0.05, 0) is 24.6 Å². The number of morpholine rings is 1. The monoisotopic (exact) mass is 306 g/mol. The molecule has 0 saturated carbocycles. The minimum absolute atomic E-state index is 0.0107. The number of imidazole rings is 1. The number of aliphatic carboxylic acids is 1. The summed E-state index contributed by atoms with van der Waals surface area (Å²) in [6.45, 7) is 0.562. The number of aromatic nitrogens is 2. The van der Waals surface area contributed by atoms with Crippen LogP contribution in [0.1, 0.15) is 22.8 Å². The summed E-state index contributed by atoms with van der Waals surface area (Å²) in [6, 6.07) is 5.57. The minimum Gasteiger partial charge on any atom is -0.481 e. The van der Waals surface area contributed by atoms with E-state index in [4.69, 9.17) is 14.0 Å². The third-order valence-electron chi connectivity index (χ3n) is 3.87. The van der Waals surface area contributed by atoms with E-state index in [9.17, 15) is 4.79 Å². The molecule has 1 N–H and O–H groups in total. The Hall–Kier alpha value is -2.08. The lowest BCUT2D eigenvalue weighted by Gasteiger charge is -2.28. The van der Waals surface area contributed by atoms with E-state index in [1.54, 1.807) is 6.07 Å². The Morgan fingerprint density at radius 2 is 2.27 bits per heavy atom. The van der Waals surface area contributed by atoms with Gasteiger partial charge in [0.2, 0.25) is 0 Å². The maximum Gasteiger partial charge on any atom is 0.303 e. The molecule has 22 heavy (non-hydrogen) atoms. The van der Waals surface area contributed by atoms with Gasteiger partial charge in [-0.2, -0.15) is 0 Å². The van der Waals surface area contributed by atoms with E-state index >= 15 is 0 Å². The molecule has 2 heterocycles. The van der Waals surface area contributed by atoms with Crippen LogP contribution in [0, 0.1) is 0 Å². The average Bonchev–Trinajstić information content (AvgIpc) is 2.92. The molecular formula is C16H21N3O3. The van der Waals surface area contributed by atoms with Gasteiger partial charge in [0.1, 0.15) is 5.82 Å². The molecule has 0 unspecified atom stereocenters. The fourth-order valence-corrected chi connectivity index (χ4v) is 2.70. The highest BCUT2D eigenvalue weighted by Gasteiger charge is 2.14. The Kier molecular flexibility index (Phi) is 3.32. The second kappa shape index (κ2) is 6.36. The number of rotatable bonds is 5. The number of benzene rings is 1. The number of aryl methyl sites for hydroxylation is 2. The van der Waals surface area contributed by atoms with Crippen molar-refractivity contribution in [2.45, 2.75) is 19.3 Å². The SMILES string of the molecule is [2H]C([2H])([2H])n1c(CCCC(=O)O)nc2cc(N3CCOCC3)ccc21. The van der Waals surface area contributed by atoms with E-state index in [1.165, 1.54) is 4.57 Å². The molecule has 0 amide bonds. The molecule has 1 aromatic heterocycles. The number of hydrogen-bond donors (Lipinski definition) is 1. The molecule has 3 rings (SSSR count). The fourth-order valence-electron chi connectivity index (χ4n) is 2.70. The molecule has 1 fully saturated rings. The van der Waals surface area contributed by atoms with Crippen LogP contribution in [-0.2, 0) is 22.9 Å². The van der Waals surface area contributed by atoms with Crippen LogP contribution in [0.5, 0.6) is 0 Å². The molecule has 1 aliphatic rings. The Morgan fingerprint density at radius 3 is 3.00 bits per heavy atom. The summed E-state index contributed by atoms with van der Waals surface area (Å²) in [5.41, 5.74) is 2.15. The maximum absolute atomic E-state index is 10.7. The van der Waals surface area contributed by atoms with Gasteiger partial charge >= 0.3 is 5.97 Å². The van der Waals surface area contributed by atoms with Crippen molar-refractivity contribution < 1.29 is 18.8 Å². The molecule has 6 heteroatoms. The summed E-state index contributed by atoms with van der Waals surface area (Å²) < 4.78 is 30.0. The zero-order chi connectivity index (χ0) is 18.0. The molecule has 6 nitrogen and oxygen atoms in total. The number of fused-ring (bicyclic) bond motifs is 1. The predicted molar refractivity (Wildman–Crippen MR) is 84.3 cm³/mol. The third kappa shape index (κ3) is 3.06. The van der Waals surface area contributed by atoms with Crippen molar-refractivity contribution in [3.8, 4) is 0 Å². The van der Waals surface area contributed by atoms with E-state index in [2.05, 4.69) is 9.88 Å². The van der Waals surface area contributed by atoms with Crippen LogP contribution in [0.15, 0.2) is 18.2 Å². The number of ether oxygens (including phenoxy) is 1. The molecule has 118 valence electrons. The van der Waals surface area contributed by atoms with E-state index in [0.29, 0.717) is 42.9 Å². The van der Waals surface area contributed by atoms with Crippen LogP contribution in [0.25, 0.3) is 11.0 Å². The first-order chi connectivity index (χ1) is 11.9. The summed E-state index contributed by atoms with van der Waals surface area (Å²) in [5.74, 6) is -0.499. The molecule has 1 saturated heterocycles.